The van der Waals surface area contributed by atoms with E-state index < -0.39 is 10.0 Å². The lowest BCUT2D eigenvalue weighted by Crippen LogP contribution is -2.48. The molecule has 8 heteroatoms. The lowest BCUT2D eigenvalue weighted by atomic mass is 10.4. The molecule has 6 nitrogen and oxygen atoms in total. The number of aryl methyl sites for hydroxylation is 1. The van der Waals surface area contributed by atoms with Crippen LogP contribution in [0.1, 0.15) is 22.6 Å². The van der Waals surface area contributed by atoms with Gasteiger partial charge in [-0.25, -0.2) is 13.4 Å². The minimum Gasteiger partial charge on any atom is -0.379 e. The third-order valence-electron chi connectivity index (χ3n) is 3.62. The number of nitrogens with zero attached hydrogens (tertiary/aromatic N) is 1. The van der Waals surface area contributed by atoms with Crippen LogP contribution in [0.15, 0.2) is 11.0 Å². The molecule has 0 atom stereocenters. The van der Waals surface area contributed by atoms with Gasteiger partial charge in [0.05, 0.1) is 18.1 Å². The fourth-order valence-corrected chi connectivity index (χ4v) is 4.99. The Morgan fingerprint density at radius 3 is 2.76 bits per heavy atom. The summed E-state index contributed by atoms with van der Waals surface area (Å²) in [4.78, 5) is 4.96. The van der Waals surface area contributed by atoms with Crippen molar-refractivity contribution in [1.82, 2.24) is 15.2 Å². The summed E-state index contributed by atoms with van der Waals surface area (Å²) >= 11 is 1.55. The first kappa shape index (κ1) is 15.4. The largest absolute Gasteiger partial charge is 0.379 e. The maximum atomic E-state index is 12.5. The van der Waals surface area contributed by atoms with E-state index in [2.05, 4.69) is 10.1 Å². The van der Waals surface area contributed by atoms with Crippen molar-refractivity contribution in [2.24, 2.45) is 0 Å². The molecule has 1 aliphatic carbocycles. The van der Waals surface area contributed by atoms with Gasteiger partial charge in [0.15, 0.2) is 0 Å². The van der Waals surface area contributed by atoms with Gasteiger partial charge in [-0.2, -0.15) is 0 Å². The first-order chi connectivity index (χ1) is 10.0. The average molecular weight is 331 g/mol. The zero-order valence-electron chi connectivity index (χ0n) is 12.1. The van der Waals surface area contributed by atoms with Crippen LogP contribution >= 0.6 is 11.3 Å². The standard InChI is InChI=1S/C13H21N3O3S2/c1-10-13(8-12(20-10)9-14-11-2-3-11)21(17,18)15-16-4-6-19-7-5-16/h8,11,14-15H,2-7,9H2,1H3. The van der Waals surface area contributed by atoms with E-state index in [4.69, 9.17) is 4.74 Å². The van der Waals surface area contributed by atoms with Crippen molar-refractivity contribution in [2.45, 2.75) is 37.2 Å². The summed E-state index contributed by atoms with van der Waals surface area (Å²) in [6, 6.07) is 2.41. The second-order valence-electron chi connectivity index (χ2n) is 5.48. The molecular weight excluding hydrogens is 310 g/mol. The normalized spacial score (nSPS) is 20.8. The van der Waals surface area contributed by atoms with Crippen molar-refractivity contribution in [3.8, 4) is 0 Å². The number of sulfonamides is 1. The highest BCUT2D eigenvalue weighted by Crippen LogP contribution is 2.27. The molecule has 1 aromatic rings. The van der Waals surface area contributed by atoms with E-state index in [9.17, 15) is 8.42 Å². The lowest BCUT2D eigenvalue weighted by Gasteiger charge is -2.26. The van der Waals surface area contributed by atoms with Gasteiger partial charge in [-0.15, -0.1) is 16.2 Å². The van der Waals surface area contributed by atoms with Crippen molar-refractivity contribution in [3.63, 3.8) is 0 Å². The Balaban J connectivity index is 1.68. The van der Waals surface area contributed by atoms with Crippen LogP contribution in [-0.4, -0.2) is 45.8 Å². The summed E-state index contributed by atoms with van der Waals surface area (Å²) in [6.07, 6.45) is 2.46. The van der Waals surface area contributed by atoms with Crippen LogP contribution in [0, 0.1) is 6.92 Å². The van der Waals surface area contributed by atoms with E-state index in [-0.39, 0.29) is 0 Å². The zero-order valence-corrected chi connectivity index (χ0v) is 13.7. The molecule has 118 valence electrons. The van der Waals surface area contributed by atoms with Crippen LogP contribution in [0.5, 0.6) is 0 Å². The van der Waals surface area contributed by atoms with Gasteiger partial charge in [-0.1, -0.05) is 0 Å². The second kappa shape index (κ2) is 6.31. The molecule has 21 heavy (non-hydrogen) atoms. The van der Waals surface area contributed by atoms with Gasteiger partial charge >= 0.3 is 0 Å². The summed E-state index contributed by atoms with van der Waals surface area (Å²) in [7, 11) is -3.49. The minimum absolute atomic E-state index is 0.395. The molecule has 1 aliphatic heterocycles. The van der Waals surface area contributed by atoms with E-state index in [1.807, 2.05) is 6.92 Å². The smallest absolute Gasteiger partial charge is 0.254 e. The highest BCUT2D eigenvalue weighted by Gasteiger charge is 2.25. The molecular formula is C13H21N3O3S2. The Morgan fingerprint density at radius 1 is 1.38 bits per heavy atom. The van der Waals surface area contributed by atoms with Gasteiger partial charge < -0.3 is 10.1 Å². The molecule has 2 heterocycles. The van der Waals surface area contributed by atoms with Gasteiger partial charge in [0.25, 0.3) is 10.0 Å². The lowest BCUT2D eigenvalue weighted by molar-refractivity contribution is 0.0272. The number of hydrogen-bond acceptors (Lipinski definition) is 6. The van der Waals surface area contributed by atoms with E-state index in [1.54, 1.807) is 22.4 Å². The molecule has 0 bridgehead atoms. The number of hydrogen-bond donors (Lipinski definition) is 2. The van der Waals surface area contributed by atoms with E-state index >= 15 is 0 Å². The summed E-state index contributed by atoms with van der Waals surface area (Å²) in [5.74, 6) is 0. The zero-order chi connectivity index (χ0) is 14.9. The van der Waals surface area contributed by atoms with Crippen molar-refractivity contribution < 1.29 is 13.2 Å². The Bertz CT molecular complexity index is 590. The molecule has 3 rings (SSSR count). The quantitative estimate of drug-likeness (QED) is 0.808. The fourth-order valence-electron chi connectivity index (χ4n) is 2.28. The Labute approximate surface area is 129 Å². The Kier molecular flexibility index (Phi) is 4.63. The van der Waals surface area contributed by atoms with Crippen molar-refractivity contribution in [3.05, 3.63) is 15.8 Å². The predicted octanol–water partition coefficient (Wildman–Crippen LogP) is 0.834. The SMILES string of the molecule is Cc1sc(CNC2CC2)cc1S(=O)(=O)NN1CCOCC1. The molecule has 0 aromatic carbocycles. The average Bonchev–Trinajstić information content (AvgIpc) is 3.19. The fraction of sp³-hybridized carbons (Fsp3) is 0.692. The van der Waals surface area contributed by atoms with Crippen LogP contribution in [0.2, 0.25) is 0 Å². The number of rotatable bonds is 6. The van der Waals surface area contributed by atoms with Gasteiger partial charge in [-0.05, 0) is 25.8 Å². The molecule has 0 unspecified atom stereocenters. The molecule has 0 amide bonds. The highest BCUT2D eigenvalue weighted by molar-refractivity contribution is 7.89. The van der Waals surface area contributed by atoms with Crippen molar-refractivity contribution in [1.29, 1.82) is 0 Å². The monoisotopic (exact) mass is 331 g/mol. The van der Waals surface area contributed by atoms with Crippen LogP contribution in [0.25, 0.3) is 0 Å². The van der Waals surface area contributed by atoms with Gasteiger partial charge in [0, 0.05) is 35.4 Å². The van der Waals surface area contributed by atoms with Crippen LogP contribution in [-0.2, 0) is 21.3 Å². The first-order valence-electron chi connectivity index (χ1n) is 7.22. The molecule has 2 fully saturated rings. The highest BCUT2D eigenvalue weighted by atomic mass is 32.2. The molecule has 1 saturated carbocycles. The number of hydrazine groups is 1. The summed E-state index contributed by atoms with van der Waals surface area (Å²) in [5, 5.41) is 5.12. The van der Waals surface area contributed by atoms with E-state index in [1.165, 1.54) is 12.8 Å². The maximum absolute atomic E-state index is 12.5. The maximum Gasteiger partial charge on any atom is 0.254 e. The molecule has 0 spiro atoms. The minimum atomic E-state index is -3.49. The first-order valence-corrected chi connectivity index (χ1v) is 9.52. The predicted molar refractivity (Wildman–Crippen MR) is 81.6 cm³/mol. The molecule has 1 saturated heterocycles. The molecule has 1 aromatic heterocycles. The third-order valence-corrected chi connectivity index (χ3v) is 6.30. The van der Waals surface area contributed by atoms with Gasteiger partial charge in [0.2, 0.25) is 0 Å². The van der Waals surface area contributed by atoms with Crippen molar-refractivity contribution in [2.75, 3.05) is 26.3 Å². The van der Waals surface area contributed by atoms with E-state index in [0.29, 0.717) is 37.2 Å². The van der Waals surface area contributed by atoms with Crippen LogP contribution < -0.4 is 10.1 Å². The van der Waals surface area contributed by atoms with Gasteiger partial charge in [-0.3, -0.25) is 0 Å². The third kappa shape index (κ3) is 4.02. The summed E-state index contributed by atoms with van der Waals surface area (Å²) < 4.78 is 30.2. The summed E-state index contributed by atoms with van der Waals surface area (Å²) in [6.45, 7) is 4.89. The molecule has 2 aliphatic rings. The number of morpholine rings is 1. The Morgan fingerprint density at radius 2 is 2.10 bits per heavy atom. The van der Waals surface area contributed by atoms with Crippen LogP contribution in [0.3, 0.4) is 0 Å². The number of ether oxygens (including phenoxy) is 1. The van der Waals surface area contributed by atoms with Gasteiger partial charge in [0.1, 0.15) is 0 Å². The van der Waals surface area contributed by atoms with E-state index in [0.717, 1.165) is 16.3 Å². The topological polar surface area (TPSA) is 70.7 Å². The van der Waals surface area contributed by atoms with Crippen molar-refractivity contribution >= 4 is 21.4 Å². The van der Waals surface area contributed by atoms with Crippen LogP contribution in [0.4, 0.5) is 0 Å². The molecule has 2 N–H and O–H groups in total. The number of thiophene rings is 1. The second-order valence-corrected chi connectivity index (χ2v) is 8.45. The summed E-state index contributed by atoms with van der Waals surface area (Å²) in [5.41, 5.74) is 0. The molecule has 0 radical (unpaired) electrons. The number of nitrogens with one attached hydrogen (secondary N) is 2. The Hall–Kier alpha value is -0.510.